The number of carboxylic acids is 1. The molecule has 0 heterocycles. The molecule has 2 unspecified atom stereocenters. The standard InChI is InChI=1S/C13H13ClF3NO3/c1-6(7(2)12(20)21)11(19)18-10-4-3-8(5-9(10)14)13(15,16)17/h3-7H,1-2H3,(H,18,19)(H,20,21). The lowest BCUT2D eigenvalue weighted by atomic mass is 9.95. The monoisotopic (exact) mass is 323 g/mol. The largest absolute Gasteiger partial charge is 0.481 e. The molecule has 1 aromatic carbocycles. The van der Waals surface area contributed by atoms with Gasteiger partial charge in [0.15, 0.2) is 0 Å². The SMILES string of the molecule is CC(C(=O)O)C(C)C(=O)Nc1ccc(C(F)(F)F)cc1Cl. The maximum atomic E-state index is 12.5. The Morgan fingerprint density at radius 2 is 1.81 bits per heavy atom. The zero-order valence-corrected chi connectivity index (χ0v) is 11.9. The highest BCUT2D eigenvalue weighted by Crippen LogP contribution is 2.34. The summed E-state index contributed by atoms with van der Waals surface area (Å²) in [6, 6.07) is 2.51. The number of benzene rings is 1. The quantitative estimate of drug-likeness (QED) is 0.888. The molecule has 0 spiro atoms. The van der Waals surface area contributed by atoms with Crippen LogP contribution in [0.4, 0.5) is 18.9 Å². The summed E-state index contributed by atoms with van der Waals surface area (Å²) in [6.07, 6.45) is -4.53. The van der Waals surface area contributed by atoms with Crippen molar-refractivity contribution >= 4 is 29.2 Å². The minimum Gasteiger partial charge on any atom is -0.481 e. The lowest BCUT2D eigenvalue weighted by Gasteiger charge is -2.17. The van der Waals surface area contributed by atoms with E-state index in [0.29, 0.717) is 6.07 Å². The van der Waals surface area contributed by atoms with Gasteiger partial charge in [0.2, 0.25) is 5.91 Å². The normalized spacial score (nSPS) is 14.4. The van der Waals surface area contributed by atoms with Gasteiger partial charge in [0.25, 0.3) is 0 Å². The summed E-state index contributed by atoms with van der Waals surface area (Å²) in [4.78, 5) is 22.6. The fraction of sp³-hybridized carbons (Fsp3) is 0.385. The van der Waals surface area contributed by atoms with Crippen molar-refractivity contribution in [2.45, 2.75) is 20.0 Å². The number of alkyl halides is 3. The van der Waals surface area contributed by atoms with Gasteiger partial charge in [-0.25, -0.2) is 0 Å². The van der Waals surface area contributed by atoms with Crippen LogP contribution in [0.3, 0.4) is 0 Å². The van der Waals surface area contributed by atoms with E-state index >= 15 is 0 Å². The molecule has 0 aliphatic carbocycles. The molecule has 4 nitrogen and oxygen atoms in total. The maximum absolute atomic E-state index is 12.5. The van der Waals surface area contributed by atoms with Crippen molar-refractivity contribution in [3.05, 3.63) is 28.8 Å². The lowest BCUT2D eigenvalue weighted by molar-refractivity contribution is -0.145. The molecule has 0 fully saturated rings. The van der Waals surface area contributed by atoms with Crippen LogP contribution in [-0.2, 0) is 15.8 Å². The van der Waals surface area contributed by atoms with Crippen LogP contribution in [0, 0.1) is 11.8 Å². The number of rotatable bonds is 4. The number of amides is 1. The van der Waals surface area contributed by atoms with E-state index in [4.69, 9.17) is 16.7 Å². The Kier molecular flexibility index (Phi) is 5.22. The van der Waals surface area contributed by atoms with Gasteiger partial charge in [-0.15, -0.1) is 0 Å². The summed E-state index contributed by atoms with van der Waals surface area (Å²) in [5.74, 6) is -3.57. The van der Waals surface area contributed by atoms with E-state index in [-0.39, 0.29) is 10.7 Å². The van der Waals surface area contributed by atoms with Crippen LogP contribution in [0.5, 0.6) is 0 Å². The van der Waals surface area contributed by atoms with Gasteiger partial charge in [-0.05, 0) is 18.2 Å². The lowest BCUT2D eigenvalue weighted by Crippen LogP contribution is -2.30. The van der Waals surface area contributed by atoms with Gasteiger partial charge in [0.05, 0.1) is 22.2 Å². The Bertz CT molecular complexity index is 560. The van der Waals surface area contributed by atoms with E-state index < -0.39 is 35.5 Å². The zero-order valence-electron chi connectivity index (χ0n) is 11.2. The molecule has 2 N–H and O–H groups in total. The van der Waals surface area contributed by atoms with E-state index in [9.17, 15) is 22.8 Å². The number of aliphatic carboxylic acids is 1. The summed E-state index contributed by atoms with van der Waals surface area (Å²) >= 11 is 5.70. The molecule has 0 saturated heterocycles. The molecule has 0 bridgehead atoms. The number of hydrogen-bond donors (Lipinski definition) is 2. The molecule has 116 valence electrons. The first-order valence-corrected chi connectivity index (χ1v) is 6.32. The molecule has 0 saturated carbocycles. The number of carboxylic acid groups (broad SMARTS) is 1. The number of carbonyl (C=O) groups is 2. The average molecular weight is 324 g/mol. The number of carbonyl (C=O) groups excluding carboxylic acids is 1. The second-order valence-corrected chi connectivity index (χ2v) is 5.00. The van der Waals surface area contributed by atoms with E-state index in [1.165, 1.54) is 13.8 Å². The van der Waals surface area contributed by atoms with Crippen molar-refractivity contribution in [3.63, 3.8) is 0 Å². The van der Waals surface area contributed by atoms with Crippen molar-refractivity contribution in [1.29, 1.82) is 0 Å². The molecule has 0 aliphatic heterocycles. The van der Waals surface area contributed by atoms with E-state index in [2.05, 4.69) is 5.32 Å². The minimum absolute atomic E-state index is 0.000828. The van der Waals surface area contributed by atoms with E-state index in [0.717, 1.165) is 12.1 Å². The molecule has 2 atom stereocenters. The second-order valence-electron chi connectivity index (χ2n) is 4.60. The Balaban J connectivity index is 2.89. The number of anilines is 1. The van der Waals surface area contributed by atoms with Gasteiger partial charge < -0.3 is 10.4 Å². The number of halogens is 4. The van der Waals surface area contributed by atoms with Gasteiger partial charge in [-0.2, -0.15) is 13.2 Å². The fourth-order valence-electron chi connectivity index (χ4n) is 1.48. The summed E-state index contributed by atoms with van der Waals surface area (Å²) in [6.45, 7) is 2.77. The second kappa shape index (κ2) is 6.34. The fourth-order valence-corrected chi connectivity index (χ4v) is 1.71. The first-order valence-electron chi connectivity index (χ1n) is 5.94. The van der Waals surface area contributed by atoms with Gasteiger partial charge in [0.1, 0.15) is 0 Å². The van der Waals surface area contributed by atoms with E-state index in [1.807, 2.05) is 0 Å². The molecule has 0 aliphatic rings. The number of hydrogen-bond acceptors (Lipinski definition) is 2. The molecule has 0 aromatic heterocycles. The molecular weight excluding hydrogens is 311 g/mol. The maximum Gasteiger partial charge on any atom is 0.416 e. The van der Waals surface area contributed by atoms with Crippen LogP contribution >= 0.6 is 11.6 Å². The molecular formula is C13H13ClF3NO3. The van der Waals surface area contributed by atoms with Crippen molar-refractivity contribution in [2.75, 3.05) is 5.32 Å². The van der Waals surface area contributed by atoms with Crippen LogP contribution in [0.25, 0.3) is 0 Å². The van der Waals surface area contributed by atoms with Crippen LogP contribution in [-0.4, -0.2) is 17.0 Å². The topological polar surface area (TPSA) is 66.4 Å². The van der Waals surface area contributed by atoms with Crippen LogP contribution < -0.4 is 5.32 Å². The third kappa shape index (κ3) is 4.35. The van der Waals surface area contributed by atoms with Crippen molar-refractivity contribution in [2.24, 2.45) is 11.8 Å². The molecule has 1 rings (SSSR count). The predicted octanol–water partition coefficient (Wildman–Crippen LogP) is 3.65. The summed E-state index contributed by atoms with van der Waals surface area (Å²) in [5, 5.41) is 10.9. The molecule has 8 heteroatoms. The Labute approximate surface area is 123 Å². The van der Waals surface area contributed by atoms with Crippen LogP contribution in [0.15, 0.2) is 18.2 Å². The predicted molar refractivity (Wildman–Crippen MR) is 71.0 cm³/mol. The van der Waals surface area contributed by atoms with E-state index in [1.54, 1.807) is 0 Å². The highest BCUT2D eigenvalue weighted by atomic mass is 35.5. The third-order valence-electron chi connectivity index (χ3n) is 3.11. The summed E-state index contributed by atoms with van der Waals surface area (Å²) < 4.78 is 37.4. The van der Waals surface area contributed by atoms with Gasteiger partial charge in [-0.1, -0.05) is 25.4 Å². The molecule has 1 aromatic rings. The van der Waals surface area contributed by atoms with Crippen molar-refractivity contribution < 1.29 is 27.9 Å². The summed E-state index contributed by atoms with van der Waals surface area (Å²) in [7, 11) is 0. The van der Waals surface area contributed by atoms with Gasteiger partial charge in [-0.3, -0.25) is 9.59 Å². The van der Waals surface area contributed by atoms with Crippen LogP contribution in [0.2, 0.25) is 5.02 Å². The third-order valence-corrected chi connectivity index (χ3v) is 3.42. The molecule has 0 radical (unpaired) electrons. The Morgan fingerprint density at radius 3 is 2.24 bits per heavy atom. The first kappa shape index (κ1) is 17.3. The smallest absolute Gasteiger partial charge is 0.416 e. The molecule has 1 amide bonds. The van der Waals surface area contributed by atoms with Crippen LogP contribution in [0.1, 0.15) is 19.4 Å². The van der Waals surface area contributed by atoms with Crippen molar-refractivity contribution in [1.82, 2.24) is 0 Å². The Hall–Kier alpha value is -1.76. The Morgan fingerprint density at radius 1 is 1.24 bits per heavy atom. The molecule has 21 heavy (non-hydrogen) atoms. The number of nitrogens with one attached hydrogen (secondary N) is 1. The minimum atomic E-state index is -4.53. The highest BCUT2D eigenvalue weighted by Gasteiger charge is 2.31. The van der Waals surface area contributed by atoms with Crippen molar-refractivity contribution in [3.8, 4) is 0 Å². The zero-order chi connectivity index (χ0) is 16.4. The summed E-state index contributed by atoms with van der Waals surface area (Å²) in [5.41, 5.74) is -0.934. The van der Waals surface area contributed by atoms with Gasteiger partial charge in [0, 0.05) is 5.92 Å². The average Bonchev–Trinajstić information content (AvgIpc) is 2.37. The first-order chi connectivity index (χ1) is 9.54. The highest BCUT2D eigenvalue weighted by molar-refractivity contribution is 6.33. The van der Waals surface area contributed by atoms with Gasteiger partial charge >= 0.3 is 12.1 Å².